The van der Waals surface area contributed by atoms with E-state index in [0.717, 1.165) is 42.3 Å². The monoisotopic (exact) mass is 501 g/mol. The number of nitrogens with zero attached hydrogens (tertiary/aromatic N) is 1. The normalized spacial score (nSPS) is 13.0. The fourth-order valence-electron chi connectivity index (χ4n) is 4.45. The predicted octanol–water partition coefficient (Wildman–Crippen LogP) is 8.41. The summed E-state index contributed by atoms with van der Waals surface area (Å²) in [5.41, 5.74) is 8.10. The van der Waals surface area contributed by atoms with E-state index < -0.39 is 7.12 Å². The van der Waals surface area contributed by atoms with Gasteiger partial charge in [0, 0.05) is 22.3 Å². The second-order valence-corrected chi connectivity index (χ2v) is 8.22. The van der Waals surface area contributed by atoms with E-state index >= 15 is 0 Å². The van der Waals surface area contributed by atoms with Gasteiger partial charge in [-0.25, -0.2) is 0 Å². The highest BCUT2D eigenvalue weighted by Gasteiger charge is 2.23. The molecular weight excluding hydrogens is 453 g/mol. The van der Waals surface area contributed by atoms with Crippen LogP contribution in [-0.4, -0.2) is 21.7 Å². The number of hydrogen-bond donors (Lipinski definition) is 2. The van der Waals surface area contributed by atoms with Crippen LogP contribution in [0.2, 0.25) is 0 Å². The van der Waals surface area contributed by atoms with Gasteiger partial charge >= 0.3 is 7.12 Å². The van der Waals surface area contributed by atoms with E-state index in [0.29, 0.717) is 5.46 Å². The molecule has 0 amide bonds. The number of aromatic nitrogens is 1. The second kappa shape index (κ2) is 17.6. The number of para-hydroxylation sites is 1. The van der Waals surface area contributed by atoms with Crippen LogP contribution < -0.4 is 5.46 Å². The van der Waals surface area contributed by atoms with Crippen molar-refractivity contribution in [1.82, 2.24) is 4.57 Å². The van der Waals surface area contributed by atoms with Crippen molar-refractivity contribution in [2.45, 2.75) is 87.5 Å². The summed E-state index contributed by atoms with van der Waals surface area (Å²) in [4.78, 5) is 0. The van der Waals surface area contributed by atoms with Gasteiger partial charge in [0.05, 0.1) is 5.52 Å². The minimum absolute atomic E-state index is 0.529. The van der Waals surface area contributed by atoms with Gasteiger partial charge in [-0.3, -0.25) is 0 Å². The molecule has 0 unspecified atom stereocenters. The van der Waals surface area contributed by atoms with E-state index in [1.165, 1.54) is 28.8 Å². The Morgan fingerprint density at radius 1 is 0.811 bits per heavy atom. The molecule has 0 atom stereocenters. The molecule has 3 nitrogen and oxygen atoms in total. The maximum atomic E-state index is 9.68. The quantitative estimate of drug-likeness (QED) is 0.354. The summed E-state index contributed by atoms with van der Waals surface area (Å²) in [7, 11) is -1.46. The molecule has 0 radical (unpaired) electrons. The zero-order valence-corrected chi connectivity index (χ0v) is 24.4. The molecule has 0 saturated carbocycles. The first-order valence-corrected chi connectivity index (χ1v) is 14.3. The largest absolute Gasteiger partial charge is 0.488 e. The Labute approximate surface area is 226 Å². The van der Waals surface area contributed by atoms with Crippen LogP contribution in [0.5, 0.6) is 0 Å². The summed E-state index contributed by atoms with van der Waals surface area (Å²) in [6.07, 6.45) is 14.4. The molecule has 0 bridgehead atoms. The average molecular weight is 502 g/mol. The lowest BCUT2D eigenvalue weighted by atomic mass is 9.79. The van der Waals surface area contributed by atoms with E-state index in [4.69, 9.17) is 0 Å². The summed E-state index contributed by atoms with van der Waals surface area (Å²) < 4.78 is 2.32. The Morgan fingerprint density at radius 3 is 2.03 bits per heavy atom. The highest BCUT2D eigenvalue weighted by molar-refractivity contribution is 6.59. The molecule has 37 heavy (non-hydrogen) atoms. The Balaban J connectivity index is 0.000000685. The molecule has 2 aliphatic carbocycles. The van der Waals surface area contributed by atoms with Crippen LogP contribution in [0.15, 0.2) is 77.9 Å². The van der Waals surface area contributed by atoms with Gasteiger partial charge in [-0.05, 0) is 66.6 Å². The smallest absolute Gasteiger partial charge is 0.423 e. The maximum Gasteiger partial charge on any atom is 0.488 e. The van der Waals surface area contributed by atoms with Crippen molar-refractivity contribution in [2.75, 3.05) is 0 Å². The lowest BCUT2D eigenvalue weighted by Crippen LogP contribution is -2.29. The van der Waals surface area contributed by atoms with Crippen molar-refractivity contribution >= 4 is 29.6 Å². The van der Waals surface area contributed by atoms with E-state index in [1.807, 2.05) is 59.7 Å². The SMILES string of the molecule is CC.CC.CC.CCC.OB(O)c1ccc2c(c1)c1c(n2-c2ccccc2)CCC(C2=CC=CCC2)=C1. The Hall–Kier alpha value is -2.82. The zero-order valence-electron chi connectivity index (χ0n) is 24.4. The molecule has 1 heterocycles. The molecule has 0 spiro atoms. The third-order valence-corrected chi connectivity index (χ3v) is 5.82. The lowest BCUT2D eigenvalue weighted by molar-refractivity contribution is 0.426. The molecular formula is C33H48BNO2. The van der Waals surface area contributed by atoms with E-state index in [1.54, 1.807) is 6.07 Å². The number of hydrogen-bond acceptors (Lipinski definition) is 2. The first kappa shape index (κ1) is 32.2. The van der Waals surface area contributed by atoms with Gasteiger partial charge in [0.2, 0.25) is 0 Å². The molecule has 0 aliphatic heterocycles. The van der Waals surface area contributed by atoms with Gasteiger partial charge in [0.15, 0.2) is 0 Å². The third-order valence-electron chi connectivity index (χ3n) is 5.82. The molecule has 2 N–H and O–H groups in total. The molecule has 5 rings (SSSR count). The number of allylic oxidation sites excluding steroid dienone is 5. The van der Waals surface area contributed by atoms with Crippen LogP contribution in [0.3, 0.4) is 0 Å². The number of fused-ring (bicyclic) bond motifs is 3. The van der Waals surface area contributed by atoms with Crippen LogP contribution in [0.1, 0.15) is 92.3 Å². The minimum atomic E-state index is -1.46. The molecule has 2 aliphatic rings. The fraction of sp³-hybridized carbons (Fsp3) is 0.394. The van der Waals surface area contributed by atoms with E-state index in [-0.39, 0.29) is 0 Å². The van der Waals surface area contributed by atoms with Crippen LogP contribution in [0.4, 0.5) is 0 Å². The van der Waals surface area contributed by atoms with Crippen LogP contribution in [-0.2, 0) is 6.42 Å². The lowest BCUT2D eigenvalue weighted by Gasteiger charge is -2.20. The first-order chi connectivity index (χ1) is 18.1. The summed E-state index contributed by atoms with van der Waals surface area (Å²) in [6, 6.07) is 16.1. The Kier molecular flexibility index (Phi) is 15.3. The standard InChI is InChI=1S/C24H22BNO2.C3H8.3C2H6/c27-25(28)19-12-14-24-22(16-19)21-15-18(17-7-3-1-4-8-17)11-13-23(21)26(24)20-9-5-2-6-10-20;1-3-2;3*1-2/h1-3,5-7,9-10,12,14-16,27-28H,4,8,11,13H2;3H2,1-2H3;3*1-2H3. The molecule has 2 aromatic carbocycles. The summed E-state index contributed by atoms with van der Waals surface area (Å²) in [6.45, 7) is 16.2. The minimum Gasteiger partial charge on any atom is -0.423 e. The Bertz CT molecular complexity index is 1150. The van der Waals surface area contributed by atoms with Crippen molar-refractivity contribution < 1.29 is 10.0 Å². The highest BCUT2D eigenvalue weighted by atomic mass is 16.4. The van der Waals surface area contributed by atoms with Gasteiger partial charge in [0.1, 0.15) is 0 Å². The molecule has 4 heteroatoms. The fourth-order valence-corrected chi connectivity index (χ4v) is 4.45. The van der Waals surface area contributed by atoms with Crippen molar-refractivity contribution in [3.05, 3.63) is 89.2 Å². The van der Waals surface area contributed by atoms with Crippen LogP contribution >= 0.6 is 0 Å². The topological polar surface area (TPSA) is 45.4 Å². The summed E-state index contributed by atoms with van der Waals surface area (Å²) >= 11 is 0. The van der Waals surface area contributed by atoms with Crippen LogP contribution in [0, 0.1) is 0 Å². The van der Waals surface area contributed by atoms with Crippen molar-refractivity contribution in [2.24, 2.45) is 0 Å². The second-order valence-electron chi connectivity index (χ2n) is 8.22. The highest BCUT2D eigenvalue weighted by Crippen LogP contribution is 2.38. The average Bonchev–Trinajstić information content (AvgIpc) is 3.30. The van der Waals surface area contributed by atoms with E-state index in [2.05, 4.69) is 67.0 Å². The van der Waals surface area contributed by atoms with Crippen LogP contribution in [0.25, 0.3) is 22.7 Å². The van der Waals surface area contributed by atoms with Gasteiger partial charge in [-0.15, -0.1) is 0 Å². The zero-order chi connectivity index (χ0) is 27.8. The van der Waals surface area contributed by atoms with Gasteiger partial charge in [-0.2, -0.15) is 0 Å². The molecule has 0 saturated heterocycles. The van der Waals surface area contributed by atoms with Crippen molar-refractivity contribution in [1.29, 1.82) is 0 Å². The van der Waals surface area contributed by atoms with Gasteiger partial charge in [-0.1, -0.05) is 110 Å². The molecule has 1 aromatic heterocycles. The first-order valence-electron chi connectivity index (χ1n) is 14.3. The van der Waals surface area contributed by atoms with Crippen molar-refractivity contribution in [3.63, 3.8) is 0 Å². The van der Waals surface area contributed by atoms with Crippen molar-refractivity contribution in [3.8, 4) is 5.69 Å². The molecule has 0 fully saturated rings. The van der Waals surface area contributed by atoms with Gasteiger partial charge in [0.25, 0.3) is 0 Å². The Morgan fingerprint density at radius 2 is 1.46 bits per heavy atom. The predicted molar refractivity (Wildman–Crippen MR) is 166 cm³/mol. The third kappa shape index (κ3) is 8.08. The van der Waals surface area contributed by atoms with E-state index in [9.17, 15) is 10.0 Å². The van der Waals surface area contributed by atoms with Gasteiger partial charge < -0.3 is 14.6 Å². The molecule has 200 valence electrons. The summed E-state index contributed by atoms with van der Waals surface area (Å²) in [5.74, 6) is 0. The summed E-state index contributed by atoms with van der Waals surface area (Å²) in [5, 5.41) is 20.4. The number of benzene rings is 2. The molecule has 3 aromatic rings. The maximum absolute atomic E-state index is 9.68. The number of rotatable bonds is 3.